The minimum atomic E-state index is -2.45. The van der Waals surface area contributed by atoms with Gasteiger partial charge in [-0.3, -0.25) is 5.41 Å². The Balaban J connectivity index is 2.25. The number of benzene rings is 2. The molecule has 0 fully saturated rings. The van der Waals surface area contributed by atoms with E-state index in [9.17, 15) is 4.39 Å². The average molecular weight is 478 g/mol. The van der Waals surface area contributed by atoms with Gasteiger partial charge in [-0.1, -0.05) is 47.6 Å². The second-order valence-electron chi connectivity index (χ2n) is 9.62. The Morgan fingerprint density at radius 3 is 2.00 bits per heavy atom. The highest BCUT2D eigenvalue weighted by atomic mass is 28.3. The van der Waals surface area contributed by atoms with Crippen molar-refractivity contribution in [3.8, 4) is 0 Å². The number of rotatable bonds is 7. The summed E-state index contributed by atoms with van der Waals surface area (Å²) >= 11 is 0. The third-order valence-corrected chi connectivity index (χ3v) is 13.7. The fourth-order valence-electron chi connectivity index (χ4n) is 5.73. The maximum atomic E-state index is 15.6. The van der Waals surface area contributed by atoms with Gasteiger partial charge < -0.3 is 9.97 Å². The van der Waals surface area contributed by atoms with Crippen LogP contribution in [0.2, 0.25) is 16.6 Å². The van der Waals surface area contributed by atoms with E-state index in [0.29, 0.717) is 5.56 Å². The quantitative estimate of drug-likeness (QED) is 0.123. The molecule has 0 bridgehead atoms. The summed E-state index contributed by atoms with van der Waals surface area (Å²) < 4.78 is 62.2. The van der Waals surface area contributed by atoms with Crippen LogP contribution in [0.5, 0.6) is 0 Å². The molecule has 8 heteroatoms. The summed E-state index contributed by atoms with van der Waals surface area (Å²) in [5.74, 6) is -4.34. The highest BCUT2D eigenvalue weighted by molar-refractivity contribution is 6.82. The first kappa shape index (κ1) is 25.0. The Bertz CT molecular complexity index is 1190. The summed E-state index contributed by atoms with van der Waals surface area (Å²) in [6, 6.07) is 5.22. The van der Waals surface area contributed by atoms with Crippen molar-refractivity contribution in [2.75, 3.05) is 0 Å². The number of fused-ring (bicyclic) bond motifs is 1. The van der Waals surface area contributed by atoms with Crippen molar-refractivity contribution in [2.45, 2.75) is 64.6 Å². The van der Waals surface area contributed by atoms with Gasteiger partial charge in [-0.15, -0.1) is 16.6 Å². The van der Waals surface area contributed by atoms with Crippen molar-refractivity contribution in [1.82, 2.24) is 4.23 Å². The Labute approximate surface area is 193 Å². The molecule has 33 heavy (non-hydrogen) atoms. The molecule has 0 amide bonds. The van der Waals surface area contributed by atoms with Crippen molar-refractivity contribution in [3.63, 3.8) is 0 Å². The zero-order valence-electron chi connectivity index (χ0n) is 19.9. The highest BCUT2D eigenvalue weighted by Gasteiger charge is 2.35. The fraction of sp³-hybridized carbons (Fsp3) is 0.400. The Hall–Kier alpha value is -2.61. The lowest BCUT2D eigenvalue weighted by atomic mass is 9.99. The van der Waals surface area contributed by atoms with E-state index in [1.807, 2.05) is 4.23 Å². The maximum absolute atomic E-state index is 15.6. The van der Waals surface area contributed by atoms with E-state index >= 15 is 13.2 Å². The van der Waals surface area contributed by atoms with E-state index < -0.39 is 42.9 Å². The van der Waals surface area contributed by atoms with Gasteiger partial charge in [0.2, 0.25) is 0 Å². The molecule has 3 rings (SSSR count). The predicted molar refractivity (Wildman–Crippen MR) is 128 cm³/mol. The topological polar surface area (TPSA) is 54.8 Å². The SMILES string of the molecule is CC(C)[Si-](C(C)C)(C(C)C)n1ccc2c(F)c(Cc3ccc(F)c(C(=N)N)c3)c(F)c(F)c21. The van der Waals surface area contributed by atoms with E-state index in [0.717, 1.165) is 6.07 Å². The third-order valence-electron chi connectivity index (χ3n) is 6.95. The van der Waals surface area contributed by atoms with E-state index in [1.165, 1.54) is 18.2 Å². The number of nitrogens with zero attached hydrogens (tertiary/aromatic N) is 1. The molecule has 2 aromatic carbocycles. The Morgan fingerprint density at radius 1 is 0.909 bits per heavy atom. The van der Waals surface area contributed by atoms with Crippen LogP contribution in [0.25, 0.3) is 10.9 Å². The van der Waals surface area contributed by atoms with Gasteiger partial charge in [0.05, 0.1) is 11.1 Å². The molecule has 0 unspecified atom stereocenters. The monoisotopic (exact) mass is 477 g/mol. The molecule has 3 aromatic rings. The second kappa shape index (κ2) is 8.97. The largest absolute Gasteiger partial charge is 0.497 e. The van der Waals surface area contributed by atoms with Gasteiger partial charge in [0, 0.05) is 17.4 Å². The van der Waals surface area contributed by atoms with Crippen molar-refractivity contribution in [1.29, 1.82) is 5.41 Å². The molecule has 3 N–H and O–H groups in total. The van der Waals surface area contributed by atoms with Crippen LogP contribution in [-0.2, 0) is 6.42 Å². The minimum Gasteiger partial charge on any atom is -0.497 e. The van der Waals surface area contributed by atoms with Crippen LogP contribution in [0.3, 0.4) is 0 Å². The first-order valence-corrected chi connectivity index (χ1v) is 13.3. The average Bonchev–Trinajstić information content (AvgIpc) is 3.15. The van der Waals surface area contributed by atoms with Gasteiger partial charge in [0.25, 0.3) is 0 Å². The number of nitrogens with two attached hydrogens (primary N) is 1. The fourth-order valence-corrected chi connectivity index (χ4v) is 12.3. The molecule has 0 saturated heterocycles. The zero-order valence-corrected chi connectivity index (χ0v) is 20.9. The van der Waals surface area contributed by atoms with Gasteiger partial charge in [0.15, 0.2) is 11.6 Å². The summed E-state index contributed by atoms with van der Waals surface area (Å²) in [6.45, 7) is 12.6. The summed E-state index contributed by atoms with van der Waals surface area (Å²) in [4.78, 5) is 0. The summed E-state index contributed by atoms with van der Waals surface area (Å²) in [5.41, 5.74) is 5.73. The zero-order chi connectivity index (χ0) is 24.8. The van der Waals surface area contributed by atoms with Crippen molar-refractivity contribution in [3.05, 3.63) is 70.4 Å². The molecule has 0 aliphatic rings. The van der Waals surface area contributed by atoms with E-state index in [4.69, 9.17) is 11.1 Å². The van der Waals surface area contributed by atoms with Crippen LogP contribution in [0.15, 0.2) is 30.5 Å². The number of nitrogens with one attached hydrogen (secondary N) is 1. The molecule has 0 aliphatic carbocycles. The van der Waals surface area contributed by atoms with Crippen LogP contribution in [-0.4, -0.2) is 18.3 Å². The number of hydrogen-bond donors (Lipinski definition) is 2. The standard InChI is InChI=1S/C25H31F4N3Si/c1-13(2)33(14(3)4,15(5)6)32-10-9-17-21(27)19(22(28)23(29)24(17)32)12-16-7-8-20(26)18(11-16)25(30)31/h7-11,13-15H,12H2,1-6H3,(H3,30,31)/q-1. The van der Waals surface area contributed by atoms with Gasteiger partial charge >= 0.3 is 0 Å². The molecule has 0 saturated carbocycles. The minimum absolute atomic E-state index is 0.0277. The number of halogens is 4. The van der Waals surface area contributed by atoms with Crippen LogP contribution in [0, 0.1) is 28.7 Å². The molecule has 3 nitrogen and oxygen atoms in total. The van der Waals surface area contributed by atoms with E-state index in [2.05, 4.69) is 41.5 Å². The molecule has 1 heterocycles. The van der Waals surface area contributed by atoms with Crippen LogP contribution >= 0.6 is 0 Å². The summed E-state index contributed by atoms with van der Waals surface area (Å²) in [5, 5.41) is 7.51. The number of nitrogen functional groups attached to an aromatic ring is 1. The smallest absolute Gasteiger partial charge is 0.180 e. The van der Waals surface area contributed by atoms with Crippen LogP contribution in [0.1, 0.15) is 58.2 Å². The molecule has 179 valence electrons. The molecule has 0 radical (unpaired) electrons. The molecule has 0 aliphatic heterocycles. The van der Waals surface area contributed by atoms with Crippen LogP contribution < -0.4 is 5.73 Å². The second-order valence-corrected chi connectivity index (χ2v) is 15.3. The summed E-state index contributed by atoms with van der Waals surface area (Å²) in [6.07, 6.45) is 1.41. The number of amidine groups is 1. The Kier molecular flexibility index (Phi) is 6.80. The third kappa shape index (κ3) is 3.88. The molecular weight excluding hydrogens is 446 g/mol. The molecular formula is C25H31F4N3Si-. The van der Waals surface area contributed by atoms with E-state index in [1.54, 1.807) is 6.20 Å². The van der Waals surface area contributed by atoms with Gasteiger partial charge in [0.1, 0.15) is 17.5 Å². The molecule has 0 spiro atoms. The lowest BCUT2D eigenvalue weighted by Crippen LogP contribution is -2.51. The predicted octanol–water partition coefficient (Wildman–Crippen LogP) is 7.10. The number of hydrogen-bond acceptors (Lipinski definition) is 1. The number of aromatic nitrogens is 1. The van der Waals surface area contributed by atoms with E-state index in [-0.39, 0.29) is 39.5 Å². The van der Waals surface area contributed by atoms with Crippen LogP contribution in [0.4, 0.5) is 17.6 Å². The molecule has 1 aromatic heterocycles. The first-order chi connectivity index (χ1) is 15.3. The first-order valence-electron chi connectivity index (χ1n) is 11.1. The molecule has 0 atom stereocenters. The van der Waals surface area contributed by atoms with Gasteiger partial charge in [-0.05, 0) is 38.2 Å². The van der Waals surface area contributed by atoms with Crippen molar-refractivity contribution >= 4 is 25.0 Å². The highest BCUT2D eigenvalue weighted by Crippen LogP contribution is 2.45. The lowest BCUT2D eigenvalue weighted by Gasteiger charge is -2.56. The van der Waals surface area contributed by atoms with Gasteiger partial charge in [-0.25, -0.2) is 17.6 Å². The van der Waals surface area contributed by atoms with Gasteiger partial charge in [-0.2, -0.15) is 0 Å². The maximum Gasteiger partial charge on any atom is 0.180 e. The Morgan fingerprint density at radius 2 is 1.48 bits per heavy atom. The summed E-state index contributed by atoms with van der Waals surface area (Å²) in [7, 11) is -2.45. The normalized spacial score (nSPS) is 12.5. The lowest BCUT2D eigenvalue weighted by molar-refractivity contribution is 0.491. The van der Waals surface area contributed by atoms with Crippen molar-refractivity contribution in [2.24, 2.45) is 5.73 Å². The van der Waals surface area contributed by atoms with Crippen molar-refractivity contribution < 1.29 is 17.6 Å².